The van der Waals surface area contributed by atoms with Gasteiger partial charge in [-0.25, -0.2) is 0 Å². The zero-order valence-corrected chi connectivity index (χ0v) is 35.4. The van der Waals surface area contributed by atoms with E-state index in [4.69, 9.17) is 32.8 Å². The first-order chi connectivity index (χ1) is 23.8. The standard InChI is InChI=1S/C42H82O7Si/c1-11-14-16-18-20-22-23-25-27-29-35(49-50(9,10)41(4,5)6)30-33-44-39-38(43-32-28-26-24-21-19-17-15-12-2)37-36(34-46-42(7,8)48-37)47-40(39)45-31-13-3/h13,35-40H,3,11-12,14-34H2,1-2,4-10H3/t35-,36-,37-,38+,39-,40+/m1/s1. The van der Waals surface area contributed by atoms with E-state index in [2.05, 4.69) is 54.3 Å². The van der Waals surface area contributed by atoms with Gasteiger partial charge in [0, 0.05) is 19.3 Å². The third kappa shape index (κ3) is 17.7. The molecule has 2 rings (SSSR count). The lowest BCUT2D eigenvalue weighted by molar-refractivity contribution is -0.388. The molecule has 7 nitrogen and oxygen atoms in total. The number of fused-ring (bicyclic) bond motifs is 1. The highest BCUT2D eigenvalue weighted by Gasteiger charge is 2.53. The topological polar surface area (TPSA) is 64.6 Å². The van der Waals surface area contributed by atoms with Crippen LogP contribution >= 0.6 is 0 Å². The quantitative estimate of drug-likeness (QED) is 0.0432. The number of rotatable bonds is 29. The van der Waals surface area contributed by atoms with Gasteiger partial charge in [-0.3, -0.25) is 0 Å². The Morgan fingerprint density at radius 3 is 1.84 bits per heavy atom. The average molecular weight is 727 g/mol. The van der Waals surface area contributed by atoms with Gasteiger partial charge in [0.05, 0.1) is 13.2 Å². The van der Waals surface area contributed by atoms with Gasteiger partial charge >= 0.3 is 0 Å². The molecule has 0 amide bonds. The van der Waals surface area contributed by atoms with Crippen molar-refractivity contribution in [2.24, 2.45) is 0 Å². The Bertz CT molecular complexity index is 860. The third-order valence-electron chi connectivity index (χ3n) is 10.9. The first-order valence-electron chi connectivity index (χ1n) is 21.0. The lowest BCUT2D eigenvalue weighted by Crippen LogP contribution is -2.66. The maximum absolute atomic E-state index is 7.04. The molecule has 0 aromatic heterocycles. The first kappa shape index (κ1) is 45.8. The summed E-state index contributed by atoms with van der Waals surface area (Å²) in [5, 5.41) is 0.155. The molecule has 0 saturated carbocycles. The molecule has 8 heteroatoms. The first-order valence-corrected chi connectivity index (χ1v) is 23.9. The van der Waals surface area contributed by atoms with E-state index in [0.29, 0.717) is 26.4 Å². The van der Waals surface area contributed by atoms with Crippen LogP contribution < -0.4 is 0 Å². The lowest BCUT2D eigenvalue weighted by Gasteiger charge is -2.50. The largest absolute Gasteiger partial charge is 0.414 e. The molecule has 2 fully saturated rings. The molecule has 0 bridgehead atoms. The second kappa shape index (κ2) is 24.9. The Kier molecular flexibility index (Phi) is 22.8. The van der Waals surface area contributed by atoms with E-state index in [0.717, 1.165) is 19.3 Å². The zero-order valence-electron chi connectivity index (χ0n) is 34.4. The molecule has 0 aromatic carbocycles. The maximum Gasteiger partial charge on any atom is 0.192 e. The van der Waals surface area contributed by atoms with Gasteiger partial charge < -0.3 is 32.8 Å². The predicted molar refractivity (Wildman–Crippen MR) is 210 cm³/mol. The van der Waals surface area contributed by atoms with Crippen molar-refractivity contribution >= 4 is 8.32 Å². The van der Waals surface area contributed by atoms with E-state index in [1.54, 1.807) is 6.08 Å². The van der Waals surface area contributed by atoms with Crippen molar-refractivity contribution < 1.29 is 32.8 Å². The minimum Gasteiger partial charge on any atom is -0.414 e. The Hall–Kier alpha value is -0.323. The summed E-state index contributed by atoms with van der Waals surface area (Å²) < 4.78 is 45.7. The van der Waals surface area contributed by atoms with Crippen molar-refractivity contribution in [3.05, 3.63) is 12.7 Å². The fourth-order valence-electron chi connectivity index (χ4n) is 6.79. The van der Waals surface area contributed by atoms with Gasteiger partial charge in [-0.2, -0.15) is 0 Å². The zero-order chi connectivity index (χ0) is 36.9. The fourth-order valence-corrected chi connectivity index (χ4v) is 8.21. The molecular weight excluding hydrogens is 645 g/mol. The Morgan fingerprint density at radius 1 is 0.740 bits per heavy atom. The predicted octanol–water partition coefficient (Wildman–Crippen LogP) is 11.7. The minimum atomic E-state index is -1.95. The summed E-state index contributed by atoms with van der Waals surface area (Å²) in [5.41, 5.74) is 0. The molecule has 50 heavy (non-hydrogen) atoms. The Morgan fingerprint density at radius 2 is 1.28 bits per heavy atom. The van der Waals surface area contributed by atoms with E-state index in [9.17, 15) is 0 Å². The molecule has 2 saturated heterocycles. The van der Waals surface area contributed by atoms with E-state index < -0.39 is 26.5 Å². The maximum atomic E-state index is 7.04. The van der Waals surface area contributed by atoms with Crippen LogP contribution in [0, 0.1) is 0 Å². The summed E-state index contributed by atoms with van der Waals surface area (Å²) in [7, 11) is -1.95. The Balaban J connectivity index is 2.07. The van der Waals surface area contributed by atoms with Gasteiger partial charge in [0.25, 0.3) is 0 Å². The highest BCUT2D eigenvalue weighted by atomic mass is 28.4. The van der Waals surface area contributed by atoms with Crippen LogP contribution in [0.15, 0.2) is 12.7 Å². The number of hydrogen-bond acceptors (Lipinski definition) is 7. The van der Waals surface area contributed by atoms with Gasteiger partial charge in [0.15, 0.2) is 20.4 Å². The molecule has 0 aliphatic carbocycles. The molecule has 0 radical (unpaired) electrons. The van der Waals surface area contributed by atoms with Crippen LogP contribution in [0.3, 0.4) is 0 Å². The van der Waals surface area contributed by atoms with Crippen molar-refractivity contribution in [3.8, 4) is 0 Å². The molecular formula is C42H82O7Si. The highest BCUT2D eigenvalue weighted by Crippen LogP contribution is 2.39. The van der Waals surface area contributed by atoms with Crippen molar-refractivity contribution in [2.75, 3.05) is 26.4 Å². The van der Waals surface area contributed by atoms with Crippen LogP contribution in [0.4, 0.5) is 0 Å². The lowest BCUT2D eigenvalue weighted by atomic mass is 9.96. The van der Waals surface area contributed by atoms with Gasteiger partial charge in [-0.05, 0) is 51.2 Å². The normalized spacial score (nSPS) is 24.6. The van der Waals surface area contributed by atoms with Gasteiger partial charge in [0.1, 0.15) is 24.4 Å². The third-order valence-corrected chi connectivity index (χ3v) is 15.5. The Labute approximate surface area is 310 Å². The molecule has 0 unspecified atom stereocenters. The summed E-state index contributed by atoms with van der Waals surface area (Å²) in [6, 6.07) is 0. The molecule has 0 spiro atoms. The second-order valence-corrected chi connectivity index (χ2v) is 21.8. The van der Waals surface area contributed by atoms with Crippen LogP contribution in [0.25, 0.3) is 0 Å². The summed E-state index contributed by atoms with van der Waals surface area (Å²) in [5.74, 6) is -0.721. The van der Waals surface area contributed by atoms with E-state index in [1.165, 1.54) is 103 Å². The smallest absolute Gasteiger partial charge is 0.192 e. The van der Waals surface area contributed by atoms with Crippen molar-refractivity contribution in [2.45, 2.75) is 231 Å². The molecule has 0 aromatic rings. The molecule has 6 atom stereocenters. The highest BCUT2D eigenvalue weighted by molar-refractivity contribution is 6.74. The van der Waals surface area contributed by atoms with Gasteiger partial charge in [0.2, 0.25) is 0 Å². The fraction of sp³-hybridized carbons (Fsp3) is 0.952. The summed E-state index contributed by atoms with van der Waals surface area (Å²) in [4.78, 5) is 0. The van der Waals surface area contributed by atoms with Gasteiger partial charge in [-0.1, -0.05) is 143 Å². The SMILES string of the molecule is C=CCO[C@H]1O[C@@H]2COC(C)(C)O[C@H]2[C@H](OCCCCCCCCCC)[C@H]1OCC[C@@H](CCCCCCCCCCC)O[Si](C)(C)C(C)(C)C. The summed E-state index contributed by atoms with van der Waals surface area (Å²) >= 11 is 0. The van der Waals surface area contributed by atoms with Crippen molar-refractivity contribution in [3.63, 3.8) is 0 Å². The van der Waals surface area contributed by atoms with E-state index in [1.807, 2.05) is 13.8 Å². The molecule has 0 N–H and O–H groups in total. The van der Waals surface area contributed by atoms with Crippen LogP contribution in [-0.4, -0.2) is 77.3 Å². The van der Waals surface area contributed by atoms with Crippen LogP contribution in [0.2, 0.25) is 18.1 Å². The molecule has 296 valence electrons. The summed E-state index contributed by atoms with van der Waals surface area (Å²) in [6.45, 7) is 26.1. The van der Waals surface area contributed by atoms with E-state index >= 15 is 0 Å². The molecule has 2 aliphatic heterocycles. The number of hydrogen-bond donors (Lipinski definition) is 0. The van der Waals surface area contributed by atoms with Crippen molar-refractivity contribution in [1.29, 1.82) is 0 Å². The van der Waals surface area contributed by atoms with Crippen molar-refractivity contribution in [1.82, 2.24) is 0 Å². The monoisotopic (exact) mass is 727 g/mol. The number of ether oxygens (including phenoxy) is 6. The van der Waals surface area contributed by atoms with Crippen LogP contribution in [0.5, 0.6) is 0 Å². The molecule has 2 heterocycles. The average Bonchev–Trinajstić information content (AvgIpc) is 3.05. The van der Waals surface area contributed by atoms with Crippen LogP contribution in [0.1, 0.15) is 170 Å². The number of unbranched alkanes of at least 4 members (excludes halogenated alkanes) is 15. The van der Waals surface area contributed by atoms with Gasteiger partial charge in [-0.15, -0.1) is 6.58 Å². The molecule has 2 aliphatic rings. The van der Waals surface area contributed by atoms with Crippen LogP contribution in [-0.2, 0) is 32.8 Å². The summed E-state index contributed by atoms with van der Waals surface area (Å²) in [6.07, 6.45) is 23.9. The minimum absolute atomic E-state index is 0.155. The second-order valence-electron chi connectivity index (χ2n) is 17.0. The van der Waals surface area contributed by atoms with E-state index in [-0.39, 0.29) is 29.5 Å².